The van der Waals surface area contributed by atoms with Crippen LogP contribution in [0.15, 0.2) is 10.2 Å². The first-order valence-electron chi connectivity index (χ1n) is 5.10. The molecule has 0 saturated heterocycles. The van der Waals surface area contributed by atoms with Crippen molar-refractivity contribution in [2.45, 2.75) is 58.2 Å². The zero-order chi connectivity index (χ0) is 12.1. The predicted octanol–water partition coefficient (Wildman–Crippen LogP) is 2.94. The Kier molecular flexibility index (Phi) is 4.89. The number of methoxy groups -OCH3 is 1. The molecule has 86 valence electrons. The first kappa shape index (κ1) is 14.1. The normalized spacial score (nSPS) is 18.5. The van der Waals surface area contributed by atoms with Gasteiger partial charge in [0, 0.05) is 13.5 Å². The molecule has 0 aromatic heterocycles. The molecule has 0 fully saturated rings. The molecule has 2 unspecified atom stereocenters. The fourth-order valence-electron chi connectivity index (χ4n) is 1.01. The van der Waals surface area contributed by atoms with Crippen LogP contribution >= 0.6 is 0 Å². The highest BCUT2D eigenvalue weighted by Gasteiger charge is 2.27. The van der Waals surface area contributed by atoms with Gasteiger partial charge < -0.3 is 4.74 Å². The molecule has 0 rings (SSSR count). The summed E-state index contributed by atoms with van der Waals surface area (Å²) in [6.45, 7) is 9.55. The maximum atomic E-state index is 9.07. The second-order valence-electron chi connectivity index (χ2n) is 5.01. The van der Waals surface area contributed by atoms with Crippen molar-refractivity contribution in [1.29, 1.82) is 5.26 Å². The van der Waals surface area contributed by atoms with Crippen molar-refractivity contribution in [1.82, 2.24) is 0 Å². The molecule has 0 radical (unpaired) electrons. The van der Waals surface area contributed by atoms with Crippen molar-refractivity contribution in [3.05, 3.63) is 0 Å². The lowest BCUT2D eigenvalue weighted by Gasteiger charge is -2.21. The fourth-order valence-corrected chi connectivity index (χ4v) is 1.01. The molecule has 0 N–H and O–H groups in total. The molecule has 0 bridgehead atoms. The third kappa shape index (κ3) is 6.19. The number of hydrogen-bond acceptors (Lipinski definition) is 4. The van der Waals surface area contributed by atoms with E-state index in [1.165, 1.54) is 0 Å². The maximum Gasteiger partial charge on any atom is 0.167 e. The monoisotopic (exact) mass is 211 g/mol. The highest BCUT2D eigenvalue weighted by Crippen LogP contribution is 2.21. The number of hydrogen-bond donors (Lipinski definition) is 0. The van der Waals surface area contributed by atoms with E-state index in [9.17, 15) is 0 Å². The molecule has 0 aliphatic heterocycles. The van der Waals surface area contributed by atoms with Crippen molar-refractivity contribution < 1.29 is 4.74 Å². The summed E-state index contributed by atoms with van der Waals surface area (Å²) in [6.07, 6.45) is 0.563. The Hall–Kier alpha value is -0.950. The van der Waals surface area contributed by atoms with Crippen LogP contribution in [-0.4, -0.2) is 24.3 Å². The summed E-state index contributed by atoms with van der Waals surface area (Å²) in [5.41, 5.74) is -1.03. The standard InChI is InChI=1S/C11H21N3O/c1-9(15-6)7-11(5,8-12)14-13-10(2,3)4/h9H,7H2,1-6H3. The van der Waals surface area contributed by atoms with Crippen LogP contribution in [0.2, 0.25) is 0 Å². The van der Waals surface area contributed by atoms with Gasteiger partial charge in [0.15, 0.2) is 5.54 Å². The topological polar surface area (TPSA) is 57.7 Å². The number of nitrogens with zero attached hydrogens (tertiary/aromatic N) is 3. The third-order valence-corrected chi connectivity index (χ3v) is 1.90. The van der Waals surface area contributed by atoms with E-state index in [0.717, 1.165) is 0 Å². The van der Waals surface area contributed by atoms with Crippen LogP contribution in [-0.2, 0) is 4.74 Å². The molecule has 0 heterocycles. The van der Waals surface area contributed by atoms with Gasteiger partial charge in [0.1, 0.15) is 0 Å². The largest absolute Gasteiger partial charge is 0.382 e. The van der Waals surface area contributed by atoms with Gasteiger partial charge >= 0.3 is 0 Å². The van der Waals surface area contributed by atoms with Crippen LogP contribution in [0, 0.1) is 11.3 Å². The smallest absolute Gasteiger partial charge is 0.167 e. The molecular weight excluding hydrogens is 190 g/mol. The van der Waals surface area contributed by atoms with Crippen LogP contribution in [0.5, 0.6) is 0 Å². The highest BCUT2D eigenvalue weighted by atomic mass is 16.5. The van der Waals surface area contributed by atoms with Gasteiger partial charge in [0.2, 0.25) is 0 Å². The minimum atomic E-state index is -0.789. The molecule has 4 nitrogen and oxygen atoms in total. The first-order chi connectivity index (χ1) is 6.72. The molecule has 0 amide bonds. The van der Waals surface area contributed by atoms with Gasteiger partial charge in [0.25, 0.3) is 0 Å². The average Bonchev–Trinajstić information content (AvgIpc) is 2.14. The number of nitriles is 1. The summed E-state index contributed by atoms with van der Waals surface area (Å²) in [7, 11) is 1.63. The van der Waals surface area contributed by atoms with Gasteiger partial charge in [-0.2, -0.15) is 15.5 Å². The summed E-state index contributed by atoms with van der Waals surface area (Å²) >= 11 is 0. The number of ether oxygens (including phenoxy) is 1. The van der Waals surface area contributed by atoms with Crippen LogP contribution in [0.3, 0.4) is 0 Å². The van der Waals surface area contributed by atoms with Crippen molar-refractivity contribution in [2.24, 2.45) is 10.2 Å². The van der Waals surface area contributed by atoms with Gasteiger partial charge in [-0.05, 0) is 34.6 Å². The minimum absolute atomic E-state index is 0.00793. The van der Waals surface area contributed by atoms with Gasteiger partial charge in [-0.1, -0.05) is 0 Å². The van der Waals surface area contributed by atoms with Gasteiger partial charge in [-0.25, -0.2) is 0 Å². The quantitative estimate of drug-likeness (QED) is 0.671. The lowest BCUT2D eigenvalue weighted by molar-refractivity contribution is 0.0978. The molecule has 2 atom stereocenters. The average molecular weight is 211 g/mol. The summed E-state index contributed by atoms with van der Waals surface area (Å²) in [5, 5.41) is 17.3. The fraction of sp³-hybridized carbons (Fsp3) is 0.909. The molecule has 0 saturated carbocycles. The van der Waals surface area contributed by atoms with E-state index in [1.54, 1.807) is 14.0 Å². The third-order valence-electron chi connectivity index (χ3n) is 1.90. The summed E-state index contributed by atoms with van der Waals surface area (Å²) in [4.78, 5) is 0. The zero-order valence-electron chi connectivity index (χ0n) is 10.5. The van der Waals surface area contributed by atoms with Crippen LogP contribution < -0.4 is 0 Å². The Balaban J connectivity index is 4.60. The molecular formula is C11H21N3O. The second-order valence-corrected chi connectivity index (χ2v) is 5.01. The Morgan fingerprint density at radius 3 is 2.13 bits per heavy atom. The lowest BCUT2D eigenvalue weighted by atomic mass is 9.98. The van der Waals surface area contributed by atoms with Gasteiger partial charge in [-0.15, -0.1) is 0 Å². The van der Waals surface area contributed by atoms with E-state index in [-0.39, 0.29) is 11.6 Å². The van der Waals surface area contributed by atoms with E-state index < -0.39 is 5.54 Å². The molecule has 15 heavy (non-hydrogen) atoms. The van der Waals surface area contributed by atoms with E-state index in [1.807, 2.05) is 27.7 Å². The van der Waals surface area contributed by atoms with Gasteiger partial charge in [0.05, 0.1) is 17.7 Å². The Labute approximate surface area is 92.3 Å². The maximum absolute atomic E-state index is 9.07. The Morgan fingerprint density at radius 2 is 1.80 bits per heavy atom. The van der Waals surface area contributed by atoms with E-state index >= 15 is 0 Å². The van der Waals surface area contributed by atoms with Crippen molar-refractivity contribution in [2.75, 3.05) is 7.11 Å². The van der Waals surface area contributed by atoms with Crippen molar-refractivity contribution in [3.63, 3.8) is 0 Å². The molecule has 0 aliphatic rings. The summed E-state index contributed by atoms with van der Waals surface area (Å²) < 4.78 is 5.13. The lowest BCUT2D eigenvalue weighted by Crippen LogP contribution is -2.26. The molecule has 4 heteroatoms. The number of azo groups is 1. The van der Waals surface area contributed by atoms with Crippen molar-refractivity contribution >= 4 is 0 Å². The number of rotatable bonds is 4. The predicted molar refractivity (Wildman–Crippen MR) is 59.7 cm³/mol. The second kappa shape index (κ2) is 5.22. The Morgan fingerprint density at radius 1 is 1.27 bits per heavy atom. The molecule has 0 aromatic rings. The first-order valence-corrected chi connectivity index (χ1v) is 5.10. The molecule has 0 aromatic carbocycles. The van der Waals surface area contributed by atoms with Crippen LogP contribution in [0.4, 0.5) is 0 Å². The van der Waals surface area contributed by atoms with Gasteiger partial charge in [-0.3, -0.25) is 0 Å². The van der Waals surface area contributed by atoms with E-state index in [4.69, 9.17) is 10.00 Å². The van der Waals surface area contributed by atoms with Crippen LogP contribution in [0.25, 0.3) is 0 Å². The minimum Gasteiger partial charge on any atom is -0.382 e. The summed E-state index contributed by atoms with van der Waals surface area (Å²) in [5.74, 6) is 0. The van der Waals surface area contributed by atoms with E-state index in [0.29, 0.717) is 6.42 Å². The molecule has 0 spiro atoms. The zero-order valence-corrected chi connectivity index (χ0v) is 10.5. The van der Waals surface area contributed by atoms with Crippen LogP contribution in [0.1, 0.15) is 41.0 Å². The highest BCUT2D eigenvalue weighted by molar-refractivity contribution is 5.04. The van der Waals surface area contributed by atoms with E-state index in [2.05, 4.69) is 16.3 Å². The Bertz CT molecular complexity index is 262. The van der Waals surface area contributed by atoms with Crippen molar-refractivity contribution in [3.8, 4) is 6.07 Å². The SMILES string of the molecule is COC(C)CC(C)(C#N)N=NC(C)(C)C. The molecule has 0 aliphatic carbocycles. The summed E-state index contributed by atoms with van der Waals surface area (Å²) in [6, 6.07) is 2.18.